The zero-order chi connectivity index (χ0) is 17.7. The van der Waals surface area contributed by atoms with Crippen molar-refractivity contribution in [2.24, 2.45) is 11.8 Å². The molecule has 1 aromatic rings. The molecule has 3 aliphatic rings. The molecule has 4 atom stereocenters. The van der Waals surface area contributed by atoms with E-state index in [9.17, 15) is 14.4 Å². The van der Waals surface area contributed by atoms with E-state index in [0.29, 0.717) is 31.1 Å². The minimum absolute atomic E-state index is 0.126. The summed E-state index contributed by atoms with van der Waals surface area (Å²) in [5.41, 5.74) is 0.520. The average Bonchev–Trinajstić information content (AvgIpc) is 3.10. The van der Waals surface area contributed by atoms with E-state index in [1.807, 2.05) is 4.90 Å². The van der Waals surface area contributed by atoms with E-state index >= 15 is 0 Å². The molecule has 0 saturated carbocycles. The fourth-order valence-corrected chi connectivity index (χ4v) is 4.34. The van der Waals surface area contributed by atoms with Gasteiger partial charge in [0.15, 0.2) is 5.78 Å². The Morgan fingerprint density at radius 3 is 2.52 bits per heavy atom. The summed E-state index contributed by atoms with van der Waals surface area (Å²) in [6, 6.07) is 6.03. The molecule has 0 bridgehead atoms. The van der Waals surface area contributed by atoms with Gasteiger partial charge in [-0.2, -0.15) is 0 Å². The van der Waals surface area contributed by atoms with Crippen molar-refractivity contribution in [2.45, 2.75) is 12.1 Å². The van der Waals surface area contributed by atoms with Crippen LogP contribution in [0, 0.1) is 11.8 Å². The van der Waals surface area contributed by atoms with E-state index in [-0.39, 0.29) is 23.6 Å². The number of rotatable bonds is 3. The molecule has 0 aliphatic carbocycles. The third-order valence-electron chi connectivity index (χ3n) is 5.58. The lowest BCUT2D eigenvalue weighted by atomic mass is 9.86. The molecule has 2 amide bonds. The highest BCUT2D eigenvalue weighted by Gasteiger charge is 2.63. The number of fused-ring (bicyclic) bond motifs is 3. The smallest absolute Gasteiger partial charge is 0.234 e. The second kappa shape index (κ2) is 5.93. The molecule has 0 aromatic heterocycles. The summed E-state index contributed by atoms with van der Waals surface area (Å²) in [6.07, 6.45) is 0. The topological polar surface area (TPSA) is 76.2 Å². The van der Waals surface area contributed by atoms with Crippen LogP contribution in [0.15, 0.2) is 24.3 Å². The number of benzene rings is 1. The molecule has 3 fully saturated rings. The van der Waals surface area contributed by atoms with Gasteiger partial charge in [-0.05, 0) is 24.3 Å². The van der Waals surface area contributed by atoms with Gasteiger partial charge in [0.1, 0.15) is 5.75 Å². The first-order chi connectivity index (χ1) is 12.0. The Morgan fingerprint density at radius 1 is 1.16 bits per heavy atom. The van der Waals surface area contributed by atoms with Crippen LogP contribution >= 0.6 is 0 Å². The fourth-order valence-electron chi connectivity index (χ4n) is 4.34. The number of imide groups is 1. The van der Waals surface area contributed by atoms with Gasteiger partial charge in [0.05, 0.1) is 38.2 Å². The lowest BCUT2D eigenvalue weighted by Gasteiger charge is -2.35. The Morgan fingerprint density at radius 2 is 1.84 bits per heavy atom. The first-order valence-electron chi connectivity index (χ1n) is 8.37. The third-order valence-corrected chi connectivity index (χ3v) is 5.58. The summed E-state index contributed by atoms with van der Waals surface area (Å²) in [5, 5.41) is 0. The number of amides is 2. The lowest BCUT2D eigenvalue weighted by molar-refractivity contribution is -0.140. The molecule has 3 saturated heterocycles. The van der Waals surface area contributed by atoms with Gasteiger partial charge in [-0.15, -0.1) is 0 Å². The van der Waals surface area contributed by atoms with Crippen molar-refractivity contribution in [3.8, 4) is 5.75 Å². The molecule has 0 radical (unpaired) electrons. The molecular formula is C18H20N2O5. The quantitative estimate of drug-likeness (QED) is 0.576. The van der Waals surface area contributed by atoms with Gasteiger partial charge in [-0.25, -0.2) is 0 Å². The van der Waals surface area contributed by atoms with Crippen molar-refractivity contribution in [3.63, 3.8) is 0 Å². The van der Waals surface area contributed by atoms with Crippen LogP contribution < -0.4 is 4.74 Å². The highest BCUT2D eigenvalue weighted by molar-refractivity contribution is 6.11. The summed E-state index contributed by atoms with van der Waals surface area (Å²) in [7, 11) is 3.06. The number of nitrogens with zero attached hydrogens (tertiary/aromatic N) is 2. The van der Waals surface area contributed by atoms with Crippen molar-refractivity contribution >= 4 is 17.6 Å². The van der Waals surface area contributed by atoms with E-state index in [1.54, 1.807) is 31.4 Å². The fraction of sp³-hybridized carbons (Fsp3) is 0.500. The minimum Gasteiger partial charge on any atom is -0.497 e. The van der Waals surface area contributed by atoms with Crippen molar-refractivity contribution < 1.29 is 23.9 Å². The zero-order valence-corrected chi connectivity index (χ0v) is 14.2. The summed E-state index contributed by atoms with van der Waals surface area (Å²) in [5.74, 6) is -1.06. The minimum atomic E-state index is -0.626. The number of Topliss-reactive ketones (excluding diaryl/α,β-unsaturated/α-hetero) is 1. The summed E-state index contributed by atoms with van der Waals surface area (Å²) in [6.45, 7) is 1.43. The number of carbonyl (C=O) groups is 3. The highest BCUT2D eigenvalue weighted by atomic mass is 16.5. The molecule has 0 unspecified atom stereocenters. The Bertz CT molecular complexity index is 731. The molecule has 3 aliphatic heterocycles. The SMILES string of the molecule is COc1ccc(C(=O)[C@@H]2[C@H]3C(=O)N(C)C(=O)[C@H]3[C@H]3COCCN32)cc1. The van der Waals surface area contributed by atoms with Crippen LogP contribution in [0.3, 0.4) is 0 Å². The molecular weight excluding hydrogens is 324 g/mol. The van der Waals surface area contributed by atoms with Gasteiger partial charge in [0, 0.05) is 25.2 Å². The maximum Gasteiger partial charge on any atom is 0.234 e. The van der Waals surface area contributed by atoms with Crippen molar-refractivity contribution in [3.05, 3.63) is 29.8 Å². The Kier molecular flexibility index (Phi) is 3.85. The maximum atomic E-state index is 13.2. The van der Waals surface area contributed by atoms with E-state index in [0.717, 1.165) is 4.90 Å². The molecule has 25 heavy (non-hydrogen) atoms. The molecule has 0 spiro atoms. The second-order valence-electron chi connectivity index (χ2n) is 6.70. The van der Waals surface area contributed by atoms with E-state index < -0.39 is 17.9 Å². The predicted octanol–water partition coefficient (Wildman–Crippen LogP) is 0.192. The lowest BCUT2D eigenvalue weighted by Crippen LogP contribution is -2.52. The number of methoxy groups -OCH3 is 1. The number of ether oxygens (including phenoxy) is 2. The van der Waals surface area contributed by atoms with E-state index in [2.05, 4.69) is 0 Å². The Labute approximate surface area is 145 Å². The van der Waals surface area contributed by atoms with Crippen LogP contribution in [0.25, 0.3) is 0 Å². The van der Waals surface area contributed by atoms with Crippen molar-refractivity contribution in [2.75, 3.05) is 33.9 Å². The number of hydrogen-bond acceptors (Lipinski definition) is 6. The molecule has 7 heteroatoms. The third kappa shape index (κ3) is 2.30. The average molecular weight is 344 g/mol. The van der Waals surface area contributed by atoms with Crippen LogP contribution in [0.4, 0.5) is 0 Å². The van der Waals surface area contributed by atoms with Crippen LogP contribution in [0.2, 0.25) is 0 Å². The van der Waals surface area contributed by atoms with Gasteiger partial charge in [-0.1, -0.05) is 0 Å². The second-order valence-corrected chi connectivity index (χ2v) is 6.70. The molecule has 132 valence electrons. The first kappa shape index (κ1) is 16.2. The number of hydrogen-bond donors (Lipinski definition) is 0. The largest absolute Gasteiger partial charge is 0.497 e. The molecule has 1 aromatic carbocycles. The maximum absolute atomic E-state index is 13.2. The number of likely N-dealkylation sites (tertiary alicyclic amines) is 1. The van der Waals surface area contributed by atoms with E-state index in [1.165, 1.54) is 7.05 Å². The van der Waals surface area contributed by atoms with Crippen molar-refractivity contribution in [1.82, 2.24) is 9.80 Å². The van der Waals surface area contributed by atoms with Crippen molar-refractivity contribution in [1.29, 1.82) is 0 Å². The van der Waals surface area contributed by atoms with Crippen LogP contribution in [0.1, 0.15) is 10.4 Å². The highest BCUT2D eigenvalue weighted by Crippen LogP contribution is 2.44. The first-order valence-corrected chi connectivity index (χ1v) is 8.37. The number of ketones is 1. The summed E-state index contributed by atoms with van der Waals surface area (Å²) in [4.78, 5) is 41.5. The van der Waals surface area contributed by atoms with Gasteiger partial charge < -0.3 is 9.47 Å². The van der Waals surface area contributed by atoms with Gasteiger partial charge in [0.25, 0.3) is 0 Å². The molecule has 3 heterocycles. The zero-order valence-electron chi connectivity index (χ0n) is 14.2. The van der Waals surface area contributed by atoms with Crippen LogP contribution in [-0.2, 0) is 14.3 Å². The van der Waals surface area contributed by atoms with E-state index in [4.69, 9.17) is 9.47 Å². The monoisotopic (exact) mass is 344 g/mol. The molecule has 4 rings (SSSR count). The van der Waals surface area contributed by atoms with Crippen LogP contribution in [0.5, 0.6) is 5.75 Å². The standard InChI is InChI=1S/C18H20N2O5/c1-19-17(22)13-12-9-25-8-7-20(12)15(14(13)18(19)23)16(21)10-3-5-11(24-2)6-4-10/h3-6,12-15H,7-9H2,1-2H3/t12-,13+,14+,15+/m1/s1. The van der Waals surface area contributed by atoms with Gasteiger partial charge in [-0.3, -0.25) is 24.2 Å². The summed E-state index contributed by atoms with van der Waals surface area (Å²) < 4.78 is 10.7. The Balaban J connectivity index is 1.72. The number of morpholine rings is 1. The normalized spacial score (nSPS) is 31.8. The molecule has 0 N–H and O–H groups in total. The number of carbonyl (C=O) groups excluding carboxylic acids is 3. The van der Waals surface area contributed by atoms with Gasteiger partial charge >= 0.3 is 0 Å². The summed E-state index contributed by atoms with van der Waals surface area (Å²) >= 11 is 0. The van der Waals surface area contributed by atoms with Gasteiger partial charge in [0.2, 0.25) is 11.8 Å². The Hall–Kier alpha value is -2.25. The molecule has 7 nitrogen and oxygen atoms in total. The van der Waals surface area contributed by atoms with Crippen LogP contribution in [-0.4, -0.2) is 73.4 Å². The predicted molar refractivity (Wildman–Crippen MR) is 87.2 cm³/mol.